The summed E-state index contributed by atoms with van der Waals surface area (Å²) in [4.78, 5) is 11.5. The van der Waals surface area contributed by atoms with Gasteiger partial charge in [-0.05, 0) is 30.3 Å². The van der Waals surface area contributed by atoms with Crippen molar-refractivity contribution in [3.63, 3.8) is 0 Å². The molecule has 4 rings (SSSR count). The van der Waals surface area contributed by atoms with Gasteiger partial charge < -0.3 is 14.4 Å². The lowest BCUT2D eigenvalue weighted by atomic mass is 10.2. The van der Waals surface area contributed by atoms with Crippen molar-refractivity contribution in [3.8, 4) is 17.4 Å². The highest BCUT2D eigenvalue weighted by atomic mass is 16.5. The Morgan fingerprint density at radius 3 is 2.61 bits per heavy atom. The molecule has 0 atom stereocenters. The second-order valence-corrected chi connectivity index (χ2v) is 6.31. The summed E-state index contributed by atoms with van der Waals surface area (Å²) in [7, 11) is 3.68. The fourth-order valence-electron chi connectivity index (χ4n) is 2.88. The normalized spacial score (nSPS) is 10.9. The van der Waals surface area contributed by atoms with Crippen LogP contribution in [-0.2, 0) is 4.74 Å². The quantitative estimate of drug-likeness (QED) is 0.491. The third kappa shape index (κ3) is 3.79. The predicted molar refractivity (Wildman–Crippen MR) is 108 cm³/mol. The minimum absolute atomic E-state index is 0.508. The van der Waals surface area contributed by atoms with E-state index in [-0.39, 0.29) is 0 Å². The molecule has 0 amide bonds. The number of anilines is 1. The highest BCUT2D eigenvalue weighted by Crippen LogP contribution is 2.29. The van der Waals surface area contributed by atoms with Gasteiger partial charge in [-0.15, -0.1) is 0 Å². The van der Waals surface area contributed by atoms with Gasteiger partial charge in [0.25, 0.3) is 5.95 Å². The van der Waals surface area contributed by atoms with Crippen molar-refractivity contribution in [1.29, 1.82) is 0 Å². The molecule has 7 nitrogen and oxygen atoms in total. The van der Waals surface area contributed by atoms with Gasteiger partial charge in [0.1, 0.15) is 17.3 Å². The Morgan fingerprint density at radius 2 is 1.86 bits per heavy atom. The Balaban J connectivity index is 1.78. The Morgan fingerprint density at radius 1 is 1.00 bits per heavy atom. The van der Waals surface area contributed by atoms with Crippen LogP contribution in [-0.4, -0.2) is 47.1 Å². The molecule has 7 heteroatoms. The molecule has 0 saturated heterocycles. The van der Waals surface area contributed by atoms with Crippen LogP contribution >= 0.6 is 0 Å². The van der Waals surface area contributed by atoms with Crippen LogP contribution in [0.15, 0.2) is 67.0 Å². The Labute approximate surface area is 163 Å². The first kappa shape index (κ1) is 17.9. The molecular formula is C21H21N5O2. The summed E-state index contributed by atoms with van der Waals surface area (Å²) in [5.74, 6) is 2.82. The summed E-state index contributed by atoms with van der Waals surface area (Å²) in [6, 6.07) is 17.4. The van der Waals surface area contributed by atoms with Crippen LogP contribution < -0.4 is 9.64 Å². The van der Waals surface area contributed by atoms with Gasteiger partial charge in [0, 0.05) is 44.5 Å². The molecule has 142 valence electrons. The van der Waals surface area contributed by atoms with Crippen molar-refractivity contribution in [2.24, 2.45) is 0 Å². The van der Waals surface area contributed by atoms with E-state index < -0.39 is 0 Å². The van der Waals surface area contributed by atoms with Gasteiger partial charge in [-0.25, -0.2) is 9.67 Å². The van der Waals surface area contributed by atoms with E-state index in [0.29, 0.717) is 24.8 Å². The predicted octanol–water partition coefficient (Wildman–Crippen LogP) is 3.69. The standard InChI is InChI=1S/C21H21N5O2/c1-25(13-14-27-2)20-18-10-9-17(28-16-7-4-3-5-8-16)15-19(18)23-21(24-20)26-12-6-11-22-26/h3-12,15H,13-14H2,1-2H3. The SMILES string of the molecule is COCCN(C)c1nc(-n2cccn2)nc2cc(Oc3ccccc3)ccc12. The molecular weight excluding hydrogens is 354 g/mol. The van der Waals surface area contributed by atoms with E-state index in [9.17, 15) is 0 Å². The van der Waals surface area contributed by atoms with Crippen molar-refractivity contribution in [2.45, 2.75) is 0 Å². The van der Waals surface area contributed by atoms with Gasteiger partial charge in [0.2, 0.25) is 0 Å². The number of hydrogen-bond donors (Lipinski definition) is 0. The van der Waals surface area contributed by atoms with Crippen LogP contribution in [0.2, 0.25) is 0 Å². The van der Waals surface area contributed by atoms with Gasteiger partial charge in [-0.2, -0.15) is 10.1 Å². The molecule has 0 radical (unpaired) electrons. The van der Waals surface area contributed by atoms with E-state index in [0.717, 1.165) is 22.5 Å². The average Bonchev–Trinajstić information content (AvgIpc) is 3.26. The smallest absolute Gasteiger partial charge is 0.253 e. The van der Waals surface area contributed by atoms with Gasteiger partial charge >= 0.3 is 0 Å². The van der Waals surface area contributed by atoms with Crippen molar-refractivity contribution >= 4 is 16.7 Å². The molecule has 0 aliphatic heterocycles. The van der Waals surface area contributed by atoms with E-state index in [1.165, 1.54) is 0 Å². The lowest BCUT2D eigenvalue weighted by Gasteiger charge is -2.20. The zero-order valence-electron chi connectivity index (χ0n) is 15.8. The maximum absolute atomic E-state index is 5.97. The molecule has 2 heterocycles. The van der Waals surface area contributed by atoms with Gasteiger partial charge in [-0.1, -0.05) is 18.2 Å². The summed E-state index contributed by atoms with van der Waals surface area (Å²) in [6.07, 6.45) is 3.53. The van der Waals surface area contributed by atoms with Crippen molar-refractivity contribution in [1.82, 2.24) is 19.7 Å². The third-order valence-electron chi connectivity index (χ3n) is 4.32. The monoisotopic (exact) mass is 375 g/mol. The van der Waals surface area contributed by atoms with Crippen LogP contribution in [0.1, 0.15) is 0 Å². The summed E-state index contributed by atoms with van der Waals surface area (Å²) >= 11 is 0. The number of methoxy groups -OCH3 is 1. The Kier molecular flexibility index (Phi) is 5.16. The number of hydrogen-bond acceptors (Lipinski definition) is 6. The van der Waals surface area contributed by atoms with Crippen LogP contribution in [0, 0.1) is 0 Å². The number of para-hydroxylation sites is 1. The lowest BCUT2D eigenvalue weighted by molar-refractivity contribution is 0.206. The minimum Gasteiger partial charge on any atom is -0.457 e. The summed E-state index contributed by atoms with van der Waals surface area (Å²) in [5, 5.41) is 5.20. The molecule has 0 N–H and O–H groups in total. The second kappa shape index (κ2) is 8.06. The maximum Gasteiger partial charge on any atom is 0.253 e. The number of benzene rings is 2. The number of ether oxygens (including phenoxy) is 2. The molecule has 0 fully saturated rings. The van der Waals surface area contributed by atoms with Crippen molar-refractivity contribution in [3.05, 3.63) is 67.0 Å². The number of nitrogens with zero attached hydrogens (tertiary/aromatic N) is 5. The van der Waals surface area contributed by atoms with Gasteiger partial charge in [-0.3, -0.25) is 0 Å². The topological polar surface area (TPSA) is 65.3 Å². The fourth-order valence-corrected chi connectivity index (χ4v) is 2.88. The molecule has 0 saturated carbocycles. The van der Waals surface area contributed by atoms with Gasteiger partial charge in [0.05, 0.1) is 12.1 Å². The molecule has 28 heavy (non-hydrogen) atoms. The third-order valence-corrected chi connectivity index (χ3v) is 4.32. The molecule has 0 aliphatic rings. The van der Waals surface area contributed by atoms with Gasteiger partial charge in [0.15, 0.2) is 0 Å². The molecule has 0 bridgehead atoms. The van der Waals surface area contributed by atoms with Crippen LogP contribution in [0.4, 0.5) is 5.82 Å². The minimum atomic E-state index is 0.508. The molecule has 0 aliphatic carbocycles. The van der Waals surface area contributed by atoms with E-state index in [1.54, 1.807) is 18.0 Å². The van der Waals surface area contributed by atoms with Crippen LogP contribution in [0.3, 0.4) is 0 Å². The Bertz CT molecular complexity index is 1050. The number of rotatable bonds is 7. The van der Waals surface area contributed by atoms with Crippen LogP contribution in [0.25, 0.3) is 16.9 Å². The van der Waals surface area contributed by atoms with Crippen molar-refractivity contribution in [2.75, 3.05) is 32.2 Å². The fraction of sp³-hybridized carbons (Fsp3) is 0.190. The van der Waals surface area contributed by atoms with Crippen molar-refractivity contribution < 1.29 is 9.47 Å². The first-order valence-electron chi connectivity index (χ1n) is 8.99. The van der Waals surface area contributed by atoms with Crippen LogP contribution in [0.5, 0.6) is 11.5 Å². The average molecular weight is 375 g/mol. The Hall–Kier alpha value is -3.45. The number of likely N-dealkylation sites (N-methyl/N-ethyl adjacent to an activating group) is 1. The maximum atomic E-state index is 5.97. The molecule has 2 aromatic heterocycles. The lowest BCUT2D eigenvalue weighted by Crippen LogP contribution is -2.24. The van der Waals surface area contributed by atoms with E-state index in [2.05, 4.69) is 10.00 Å². The molecule has 4 aromatic rings. The summed E-state index contributed by atoms with van der Waals surface area (Å²) < 4.78 is 12.8. The summed E-state index contributed by atoms with van der Waals surface area (Å²) in [5.41, 5.74) is 0.785. The summed E-state index contributed by atoms with van der Waals surface area (Å²) in [6.45, 7) is 1.32. The zero-order chi connectivity index (χ0) is 19.3. The second-order valence-electron chi connectivity index (χ2n) is 6.31. The number of fused-ring (bicyclic) bond motifs is 1. The van der Waals surface area contributed by atoms with E-state index >= 15 is 0 Å². The largest absolute Gasteiger partial charge is 0.457 e. The molecule has 0 unspecified atom stereocenters. The highest BCUT2D eigenvalue weighted by Gasteiger charge is 2.14. The molecule has 0 spiro atoms. The highest BCUT2D eigenvalue weighted by molar-refractivity contribution is 5.91. The zero-order valence-corrected chi connectivity index (χ0v) is 15.8. The first-order valence-corrected chi connectivity index (χ1v) is 8.99. The number of aromatic nitrogens is 4. The van der Waals surface area contributed by atoms with E-state index in [4.69, 9.17) is 19.4 Å². The molecule has 2 aromatic carbocycles. The first-order chi connectivity index (χ1) is 13.7. The van der Waals surface area contributed by atoms with E-state index in [1.807, 2.05) is 67.8 Å².